The van der Waals surface area contributed by atoms with E-state index in [9.17, 15) is 17.0 Å². The normalized spacial score (nSPS) is 11.7. The predicted octanol–water partition coefficient (Wildman–Crippen LogP) is 9.97. The van der Waals surface area contributed by atoms with E-state index in [0.717, 1.165) is 73.2 Å². The number of rotatable bonds is 11. The molecule has 0 fully saturated rings. The zero-order valence-corrected chi connectivity index (χ0v) is 34.1. The Morgan fingerprint density at radius 1 is 0.655 bits per heavy atom. The first-order valence-electron chi connectivity index (χ1n) is 18.1. The van der Waals surface area contributed by atoms with Crippen LogP contribution in [0, 0.1) is 5.82 Å². The Balaban J connectivity index is 0.000000178. The maximum absolute atomic E-state index is 13.4. The number of sulfonamides is 1. The molecule has 292 valence electrons. The molecule has 1 unspecified atom stereocenters. The molecule has 0 aliphatic rings. The van der Waals surface area contributed by atoms with Gasteiger partial charge in [0, 0.05) is 90.7 Å². The van der Waals surface area contributed by atoms with E-state index < -0.39 is 20.8 Å². The van der Waals surface area contributed by atoms with E-state index in [4.69, 9.17) is 9.97 Å². The first kappa shape index (κ1) is 40.0. The minimum absolute atomic E-state index is 0.260. The van der Waals surface area contributed by atoms with Crippen molar-refractivity contribution in [3.63, 3.8) is 0 Å². The molecule has 0 saturated carbocycles. The van der Waals surface area contributed by atoms with Gasteiger partial charge in [-0.2, -0.15) is 0 Å². The summed E-state index contributed by atoms with van der Waals surface area (Å²) in [5.74, 6) is 2.22. The first-order valence-corrected chi connectivity index (χ1v) is 22.5. The lowest BCUT2D eigenvalue weighted by Gasteiger charge is -2.07. The topological polar surface area (TPSA) is 146 Å². The van der Waals surface area contributed by atoms with Gasteiger partial charge in [0.1, 0.15) is 17.5 Å². The van der Waals surface area contributed by atoms with Crippen molar-refractivity contribution in [2.75, 3.05) is 23.0 Å². The van der Waals surface area contributed by atoms with Gasteiger partial charge in [0.15, 0.2) is 0 Å². The number of thioether (sulfide) groups is 1. The predicted molar refractivity (Wildman–Crippen MR) is 233 cm³/mol. The number of aromatic amines is 2. The third-order valence-electron chi connectivity index (χ3n) is 8.80. The van der Waals surface area contributed by atoms with Crippen LogP contribution in [0.25, 0.3) is 67.8 Å². The van der Waals surface area contributed by atoms with E-state index in [2.05, 4.69) is 55.8 Å². The molecule has 0 radical (unpaired) electrons. The monoisotopic (exact) mass is 827 g/mol. The highest BCUT2D eigenvalue weighted by Gasteiger charge is 2.18. The van der Waals surface area contributed by atoms with Crippen LogP contribution in [0.2, 0.25) is 0 Å². The first-order chi connectivity index (χ1) is 28.0. The minimum Gasteiger partial charge on any atom is -0.337 e. The number of imidazole rings is 2. The fourth-order valence-corrected chi connectivity index (χ4v) is 7.86. The van der Waals surface area contributed by atoms with Crippen LogP contribution in [0.5, 0.6) is 0 Å². The number of hydrogen-bond donors (Lipinski definition) is 3. The summed E-state index contributed by atoms with van der Waals surface area (Å²) in [5, 5.41) is 0. The lowest BCUT2D eigenvalue weighted by atomic mass is 10.1. The van der Waals surface area contributed by atoms with E-state index in [1.165, 1.54) is 17.0 Å². The standard InChI is InChI=1S/C22H18FN3S.C22H20N4O3S2/c1-2-27-19-9-5-17(6-10-19)22-25-20(15-3-7-18(23)8-4-15)21(26-22)16-11-13-24-14-12-16;1-30(27)19-8-6-16(7-9-19)22-24-20(15-10-12-23-13-11-15)21(25-22)17-4-3-5-18(14-17)26-31(2,28)29/h3-14H,2H2,1H3,(H,25,26);3-14,26H,1-2H3,(H,24,25). The molecule has 4 aromatic heterocycles. The van der Waals surface area contributed by atoms with Gasteiger partial charge in [-0.15, -0.1) is 11.8 Å². The van der Waals surface area contributed by atoms with Crippen molar-refractivity contribution < 1.29 is 17.0 Å². The fraction of sp³-hybridized carbons (Fsp3) is 0.0909. The van der Waals surface area contributed by atoms with Crippen molar-refractivity contribution in [3.05, 3.63) is 152 Å². The number of nitrogens with zero attached hydrogens (tertiary/aromatic N) is 4. The van der Waals surface area contributed by atoms with E-state index >= 15 is 0 Å². The van der Waals surface area contributed by atoms with Crippen molar-refractivity contribution in [3.8, 4) is 67.8 Å². The van der Waals surface area contributed by atoms with Crippen LogP contribution in [-0.4, -0.2) is 60.8 Å². The maximum atomic E-state index is 13.4. The molecule has 4 heterocycles. The van der Waals surface area contributed by atoms with Crippen LogP contribution in [0.15, 0.2) is 156 Å². The molecule has 8 aromatic rings. The number of aromatic nitrogens is 6. The Morgan fingerprint density at radius 2 is 1.16 bits per heavy atom. The number of pyridine rings is 2. The Morgan fingerprint density at radius 3 is 1.66 bits per heavy atom. The van der Waals surface area contributed by atoms with Crippen LogP contribution < -0.4 is 4.72 Å². The fourth-order valence-electron chi connectivity index (χ4n) is 6.12. The summed E-state index contributed by atoms with van der Waals surface area (Å²) in [7, 11) is -4.46. The SMILES string of the molecule is CCSc1ccc(-c2nc(-c3ccc(F)cc3)c(-c3ccncc3)[nH]2)cc1.CS(=O)c1ccc(-c2nc(-c3cccc(NS(C)(=O)=O)c3)c(-c3ccncc3)[nH]2)cc1. The molecular formula is C44H38FN7O3S3. The molecular weight excluding hydrogens is 790 g/mol. The molecule has 10 nitrogen and oxygen atoms in total. The van der Waals surface area contributed by atoms with Crippen LogP contribution in [0.4, 0.5) is 10.1 Å². The van der Waals surface area contributed by atoms with Gasteiger partial charge in [-0.25, -0.2) is 22.8 Å². The summed E-state index contributed by atoms with van der Waals surface area (Å²) in [6, 6.07) is 36.9. The lowest BCUT2D eigenvalue weighted by Crippen LogP contribution is -2.09. The molecule has 0 aliphatic heterocycles. The molecule has 0 spiro atoms. The van der Waals surface area contributed by atoms with Crippen molar-refractivity contribution in [2.24, 2.45) is 0 Å². The average molecular weight is 828 g/mol. The Bertz CT molecular complexity index is 2760. The van der Waals surface area contributed by atoms with Crippen LogP contribution in [0.1, 0.15) is 6.92 Å². The Hall–Kier alpha value is -6.22. The Kier molecular flexibility index (Phi) is 12.4. The van der Waals surface area contributed by atoms with Gasteiger partial charge >= 0.3 is 0 Å². The number of halogens is 1. The maximum Gasteiger partial charge on any atom is 0.229 e. The van der Waals surface area contributed by atoms with E-state index in [1.807, 2.05) is 66.4 Å². The van der Waals surface area contributed by atoms with Gasteiger partial charge in [0.2, 0.25) is 10.0 Å². The van der Waals surface area contributed by atoms with Crippen LogP contribution >= 0.6 is 11.8 Å². The van der Waals surface area contributed by atoms with Gasteiger partial charge < -0.3 is 9.97 Å². The van der Waals surface area contributed by atoms with E-state index in [1.54, 1.807) is 61.4 Å². The molecule has 0 saturated heterocycles. The zero-order valence-electron chi connectivity index (χ0n) is 31.7. The second-order valence-electron chi connectivity index (χ2n) is 13.0. The summed E-state index contributed by atoms with van der Waals surface area (Å²) in [6.45, 7) is 2.14. The quantitative estimate of drug-likeness (QED) is 0.109. The Labute approximate surface area is 343 Å². The molecule has 1 atom stereocenters. The molecule has 3 N–H and O–H groups in total. The molecule has 0 amide bonds. The highest BCUT2D eigenvalue weighted by Crippen LogP contribution is 2.35. The second kappa shape index (κ2) is 17.9. The van der Waals surface area contributed by atoms with E-state index in [-0.39, 0.29) is 5.82 Å². The molecule has 0 aliphatic carbocycles. The highest BCUT2D eigenvalue weighted by molar-refractivity contribution is 7.99. The van der Waals surface area contributed by atoms with Crippen LogP contribution in [0.3, 0.4) is 0 Å². The van der Waals surface area contributed by atoms with Crippen molar-refractivity contribution in [2.45, 2.75) is 16.7 Å². The van der Waals surface area contributed by atoms with Crippen molar-refractivity contribution >= 4 is 38.3 Å². The number of benzene rings is 4. The van der Waals surface area contributed by atoms with Crippen molar-refractivity contribution in [1.82, 2.24) is 29.9 Å². The molecule has 14 heteroatoms. The van der Waals surface area contributed by atoms with Gasteiger partial charge in [-0.1, -0.05) is 43.3 Å². The summed E-state index contributed by atoms with van der Waals surface area (Å²) >= 11 is 1.81. The third kappa shape index (κ3) is 9.83. The molecule has 4 aromatic carbocycles. The van der Waals surface area contributed by atoms with Gasteiger partial charge in [0.05, 0.1) is 29.0 Å². The highest BCUT2D eigenvalue weighted by atomic mass is 32.2. The zero-order chi connectivity index (χ0) is 40.6. The number of nitrogens with one attached hydrogen (secondary N) is 3. The van der Waals surface area contributed by atoms with Gasteiger partial charge in [0.25, 0.3) is 0 Å². The smallest absolute Gasteiger partial charge is 0.229 e. The molecule has 58 heavy (non-hydrogen) atoms. The number of hydrogen-bond acceptors (Lipinski definition) is 8. The average Bonchev–Trinajstić information content (AvgIpc) is 3.89. The summed E-state index contributed by atoms with van der Waals surface area (Å²) in [4.78, 5) is 26.6. The summed E-state index contributed by atoms with van der Waals surface area (Å²) < 4.78 is 50.8. The molecule has 0 bridgehead atoms. The van der Waals surface area contributed by atoms with Crippen LogP contribution in [-0.2, 0) is 20.8 Å². The largest absolute Gasteiger partial charge is 0.337 e. The number of H-pyrrole nitrogens is 2. The van der Waals surface area contributed by atoms with Crippen molar-refractivity contribution in [1.29, 1.82) is 0 Å². The lowest BCUT2D eigenvalue weighted by molar-refractivity contribution is 0.606. The van der Waals surface area contributed by atoms with Gasteiger partial charge in [-0.05, 0) is 90.7 Å². The summed E-state index contributed by atoms with van der Waals surface area (Å²) in [5.41, 5.74) is 8.99. The number of anilines is 1. The van der Waals surface area contributed by atoms with Gasteiger partial charge in [-0.3, -0.25) is 18.9 Å². The van der Waals surface area contributed by atoms with E-state index in [0.29, 0.717) is 17.2 Å². The third-order valence-corrected chi connectivity index (χ3v) is 11.2. The minimum atomic E-state index is -3.40. The second-order valence-corrected chi connectivity index (χ2v) is 17.5. The molecule has 8 rings (SSSR count). The summed E-state index contributed by atoms with van der Waals surface area (Å²) in [6.07, 6.45) is 9.65.